The van der Waals surface area contributed by atoms with Crippen molar-refractivity contribution in [3.63, 3.8) is 0 Å². The quantitative estimate of drug-likeness (QED) is 0.593. The first-order valence-electron chi connectivity index (χ1n) is 12.9. The van der Waals surface area contributed by atoms with E-state index in [9.17, 15) is 34.2 Å². The molecule has 0 aliphatic heterocycles. The molecule has 2 saturated carbocycles. The minimum Gasteiger partial charge on any atom is -0.507 e. The van der Waals surface area contributed by atoms with Gasteiger partial charge < -0.3 is 10.2 Å². The molecule has 6 atom stereocenters. The largest absolute Gasteiger partial charge is 0.507 e. The second-order valence-electron chi connectivity index (χ2n) is 12.5. The summed E-state index contributed by atoms with van der Waals surface area (Å²) in [5, 5.41) is 22.7. The third-order valence-corrected chi connectivity index (χ3v) is 9.31. The fourth-order valence-corrected chi connectivity index (χ4v) is 7.75. The maximum Gasteiger partial charge on any atom is 0.190 e. The summed E-state index contributed by atoms with van der Waals surface area (Å²) in [4.78, 5) is 67.8. The molecule has 7 nitrogen and oxygen atoms in total. The molecule has 1 aromatic rings. The Hall–Kier alpha value is -2.93. The molecule has 0 bridgehead atoms. The zero-order chi connectivity index (χ0) is 28.0. The van der Waals surface area contributed by atoms with Gasteiger partial charge in [-0.3, -0.25) is 24.0 Å². The number of Topliss-reactive ketones (excluding diaryl/α,β-unsaturated/α-hetero) is 5. The lowest BCUT2D eigenvalue weighted by atomic mass is 9.39. The minimum absolute atomic E-state index is 0.00481. The molecule has 3 unspecified atom stereocenters. The molecule has 37 heavy (non-hydrogen) atoms. The highest BCUT2D eigenvalue weighted by Crippen LogP contribution is 2.64. The number of aliphatic hydroxyl groups is 1. The van der Waals surface area contributed by atoms with Gasteiger partial charge in [-0.1, -0.05) is 54.2 Å². The topological polar surface area (TPSA) is 126 Å². The number of phenolic OH excluding ortho intramolecular Hbond substituents is 1. The van der Waals surface area contributed by atoms with Crippen LogP contribution in [0.15, 0.2) is 18.7 Å². The number of allylic oxidation sites excluding steroid dienone is 1. The highest BCUT2D eigenvalue weighted by atomic mass is 16.3. The zero-order valence-corrected chi connectivity index (χ0v) is 22.6. The Labute approximate surface area is 217 Å². The first kappa shape index (κ1) is 27.1. The maximum atomic E-state index is 14.2. The molecular weight excluding hydrogens is 472 g/mol. The van der Waals surface area contributed by atoms with Crippen LogP contribution in [0.1, 0.15) is 76.4 Å². The van der Waals surface area contributed by atoms with Crippen LogP contribution in [0.4, 0.5) is 0 Å². The van der Waals surface area contributed by atoms with E-state index in [4.69, 9.17) is 0 Å². The van der Waals surface area contributed by atoms with Crippen molar-refractivity contribution in [2.75, 3.05) is 0 Å². The summed E-state index contributed by atoms with van der Waals surface area (Å²) in [6, 6.07) is 3.12. The van der Waals surface area contributed by atoms with Crippen LogP contribution < -0.4 is 0 Å². The SMILES string of the molecule is C=C(c1ccc(O)c2c1C[C@]1(C)C[C@]3(C)C(C(C)C)C(=O)C(C(C)=O)C(=O)[C@]3(O)C(=O)C1C2=O)C(C)C. The van der Waals surface area contributed by atoms with Gasteiger partial charge in [-0.15, -0.1) is 0 Å². The molecule has 1 aromatic carbocycles. The Balaban J connectivity index is 1.99. The number of carbonyl (C=O) groups is 5. The maximum absolute atomic E-state index is 14.2. The van der Waals surface area contributed by atoms with Crippen LogP contribution in [0.2, 0.25) is 0 Å². The van der Waals surface area contributed by atoms with Crippen LogP contribution >= 0.6 is 0 Å². The number of benzene rings is 1. The number of ketones is 5. The van der Waals surface area contributed by atoms with E-state index in [-0.39, 0.29) is 36.0 Å². The van der Waals surface area contributed by atoms with Crippen LogP contribution in [0.25, 0.3) is 5.57 Å². The number of carbonyl (C=O) groups excluding carboxylic acids is 5. The zero-order valence-electron chi connectivity index (χ0n) is 22.6. The number of phenols is 1. The number of fused-ring (bicyclic) bond motifs is 3. The predicted molar refractivity (Wildman–Crippen MR) is 137 cm³/mol. The van der Waals surface area contributed by atoms with E-state index >= 15 is 0 Å². The molecule has 0 spiro atoms. The Bertz CT molecular complexity index is 1290. The molecular formula is C30H36O7. The molecule has 7 heteroatoms. The van der Waals surface area contributed by atoms with Crippen molar-refractivity contribution in [1.29, 1.82) is 0 Å². The van der Waals surface area contributed by atoms with Crippen molar-refractivity contribution < 1.29 is 34.2 Å². The summed E-state index contributed by atoms with van der Waals surface area (Å²) in [6.45, 7) is 16.1. The highest BCUT2D eigenvalue weighted by molar-refractivity contribution is 6.32. The second-order valence-corrected chi connectivity index (χ2v) is 12.5. The van der Waals surface area contributed by atoms with Crippen LogP contribution in [0.3, 0.4) is 0 Å². The second kappa shape index (κ2) is 8.29. The van der Waals surface area contributed by atoms with Crippen molar-refractivity contribution in [2.45, 2.75) is 66.9 Å². The van der Waals surface area contributed by atoms with Gasteiger partial charge in [0.1, 0.15) is 17.5 Å². The van der Waals surface area contributed by atoms with Gasteiger partial charge in [0.2, 0.25) is 0 Å². The highest BCUT2D eigenvalue weighted by Gasteiger charge is 2.76. The first-order chi connectivity index (χ1) is 17.0. The van der Waals surface area contributed by atoms with Crippen molar-refractivity contribution in [3.8, 4) is 5.75 Å². The van der Waals surface area contributed by atoms with Crippen LogP contribution in [-0.2, 0) is 25.6 Å². The van der Waals surface area contributed by atoms with Crippen molar-refractivity contribution >= 4 is 34.5 Å². The minimum atomic E-state index is -2.68. The van der Waals surface area contributed by atoms with Crippen molar-refractivity contribution in [2.24, 2.45) is 40.4 Å². The molecule has 2 N–H and O–H groups in total. The van der Waals surface area contributed by atoms with E-state index in [1.807, 2.05) is 13.8 Å². The van der Waals surface area contributed by atoms with Gasteiger partial charge in [-0.25, -0.2) is 0 Å². The number of rotatable bonds is 4. The van der Waals surface area contributed by atoms with E-state index in [0.717, 1.165) is 18.1 Å². The molecule has 3 aliphatic carbocycles. The van der Waals surface area contributed by atoms with Gasteiger partial charge in [0, 0.05) is 11.3 Å². The summed E-state index contributed by atoms with van der Waals surface area (Å²) in [5.41, 5.74) is -3.15. The lowest BCUT2D eigenvalue weighted by molar-refractivity contribution is -0.205. The van der Waals surface area contributed by atoms with E-state index in [0.29, 0.717) is 5.56 Å². The third-order valence-electron chi connectivity index (χ3n) is 9.31. The molecule has 0 radical (unpaired) electrons. The monoisotopic (exact) mass is 508 g/mol. The van der Waals surface area contributed by atoms with Gasteiger partial charge in [0.25, 0.3) is 0 Å². The summed E-state index contributed by atoms with van der Waals surface area (Å²) >= 11 is 0. The molecule has 0 amide bonds. The van der Waals surface area contributed by atoms with E-state index in [1.165, 1.54) is 6.07 Å². The van der Waals surface area contributed by atoms with Crippen LogP contribution in [0, 0.1) is 40.4 Å². The first-order valence-corrected chi connectivity index (χ1v) is 12.9. The van der Waals surface area contributed by atoms with Crippen LogP contribution in [-0.4, -0.2) is 44.7 Å². The van der Waals surface area contributed by atoms with Crippen molar-refractivity contribution in [3.05, 3.63) is 35.4 Å². The lowest BCUT2D eigenvalue weighted by Crippen LogP contribution is -2.76. The van der Waals surface area contributed by atoms with E-state index in [1.54, 1.807) is 33.8 Å². The van der Waals surface area contributed by atoms with Gasteiger partial charge in [0.15, 0.2) is 28.7 Å². The Morgan fingerprint density at radius 3 is 2.16 bits per heavy atom. The van der Waals surface area contributed by atoms with Gasteiger partial charge in [-0.05, 0) is 59.8 Å². The Morgan fingerprint density at radius 1 is 1.05 bits per heavy atom. The molecule has 198 valence electrons. The molecule has 0 heterocycles. The normalized spacial score (nSPS) is 35.4. The molecule has 4 rings (SSSR count). The number of hydrogen-bond acceptors (Lipinski definition) is 7. The van der Waals surface area contributed by atoms with Crippen LogP contribution in [0.5, 0.6) is 5.75 Å². The Morgan fingerprint density at radius 2 is 1.65 bits per heavy atom. The Kier molecular flexibility index (Phi) is 6.07. The fraction of sp³-hybridized carbons (Fsp3) is 0.567. The molecule has 3 aliphatic rings. The predicted octanol–water partition coefficient (Wildman–Crippen LogP) is 3.76. The van der Waals surface area contributed by atoms with Crippen molar-refractivity contribution in [1.82, 2.24) is 0 Å². The van der Waals surface area contributed by atoms with Gasteiger partial charge >= 0.3 is 0 Å². The molecule has 0 aromatic heterocycles. The summed E-state index contributed by atoms with van der Waals surface area (Å²) in [5.74, 6) is -8.79. The average Bonchev–Trinajstić information content (AvgIpc) is 2.75. The molecule has 0 saturated heterocycles. The summed E-state index contributed by atoms with van der Waals surface area (Å²) in [7, 11) is 0. The smallest absolute Gasteiger partial charge is 0.190 e. The third kappa shape index (κ3) is 3.32. The number of aromatic hydroxyl groups is 1. The van der Waals surface area contributed by atoms with E-state index < -0.39 is 63.1 Å². The summed E-state index contributed by atoms with van der Waals surface area (Å²) in [6.07, 6.45) is 0.251. The fourth-order valence-electron chi connectivity index (χ4n) is 7.75. The average molecular weight is 509 g/mol. The standard InChI is InChI=1S/C30H36O7/c1-13(2)15(5)17-9-10-19(32)21-18(17)11-28(7)12-29(8)22(14(3)4)24(33)20(16(6)31)26(35)30(29,37)27(36)23(28)25(21)34/h9-10,13-14,20,22-23,32,37H,5,11-12H2,1-4,6-8H3/t20?,22?,23?,28-,29-,30+/m1/s1. The lowest BCUT2D eigenvalue weighted by Gasteiger charge is -2.62. The number of hydrogen-bond donors (Lipinski definition) is 2. The van der Waals surface area contributed by atoms with Gasteiger partial charge in [-0.2, -0.15) is 0 Å². The van der Waals surface area contributed by atoms with Gasteiger partial charge in [0.05, 0.1) is 11.5 Å². The van der Waals surface area contributed by atoms with E-state index in [2.05, 4.69) is 6.58 Å². The summed E-state index contributed by atoms with van der Waals surface area (Å²) < 4.78 is 0. The molecule has 2 fully saturated rings.